The zero-order valence-corrected chi connectivity index (χ0v) is 16.1. The Labute approximate surface area is 163 Å². The second-order valence-electron chi connectivity index (χ2n) is 6.88. The number of thioether (sulfide) groups is 1. The van der Waals surface area contributed by atoms with Gasteiger partial charge in [0.05, 0.1) is 0 Å². The summed E-state index contributed by atoms with van der Waals surface area (Å²) in [7, 11) is 0. The number of carbonyl (C=O) groups excluding carboxylic acids is 1. The van der Waals surface area contributed by atoms with Crippen molar-refractivity contribution in [2.24, 2.45) is 0 Å². The molecule has 2 aromatic rings. The Kier molecular flexibility index (Phi) is 5.89. The van der Waals surface area contributed by atoms with Crippen molar-refractivity contribution in [1.82, 2.24) is 19.8 Å². The summed E-state index contributed by atoms with van der Waals surface area (Å²) in [6.45, 7) is 4.06. The number of amides is 1. The Morgan fingerprint density at radius 1 is 1.15 bits per heavy atom. The Morgan fingerprint density at radius 2 is 1.96 bits per heavy atom. The molecule has 0 aliphatic carbocycles. The van der Waals surface area contributed by atoms with Gasteiger partial charge in [-0.1, -0.05) is 0 Å². The molecule has 6 nitrogen and oxygen atoms in total. The number of aromatic nitrogens is 2. The molecule has 0 bridgehead atoms. The number of carbonyl (C=O) groups is 1. The minimum Gasteiger partial charge on any atom is -0.473 e. The molecule has 4 rings (SSSR count). The third kappa shape index (κ3) is 4.59. The molecule has 1 atom stereocenters. The highest BCUT2D eigenvalue weighted by atomic mass is 32.2. The number of pyridine rings is 2. The highest BCUT2D eigenvalue weighted by molar-refractivity contribution is 7.99. The summed E-state index contributed by atoms with van der Waals surface area (Å²) in [5.41, 5.74) is 1.83. The lowest BCUT2D eigenvalue weighted by Gasteiger charge is -2.35. The lowest BCUT2D eigenvalue weighted by atomic mass is 10.2. The van der Waals surface area contributed by atoms with Crippen molar-refractivity contribution < 1.29 is 9.53 Å². The summed E-state index contributed by atoms with van der Waals surface area (Å²) in [6, 6.07) is 7.72. The first kappa shape index (κ1) is 18.3. The van der Waals surface area contributed by atoms with Crippen molar-refractivity contribution in [3.8, 4) is 5.88 Å². The molecule has 0 N–H and O–H groups in total. The normalized spacial score (nSPS) is 20.6. The van der Waals surface area contributed by atoms with Crippen molar-refractivity contribution in [3.05, 3.63) is 54.0 Å². The lowest BCUT2D eigenvalue weighted by Crippen LogP contribution is -2.48. The summed E-state index contributed by atoms with van der Waals surface area (Å²) in [6.07, 6.45) is 6.52. The fourth-order valence-electron chi connectivity index (χ4n) is 3.44. The van der Waals surface area contributed by atoms with Crippen molar-refractivity contribution in [3.63, 3.8) is 0 Å². The molecule has 7 heteroatoms. The average Bonchev–Trinajstić information content (AvgIpc) is 3.22. The van der Waals surface area contributed by atoms with Crippen LogP contribution in [0.2, 0.25) is 0 Å². The molecule has 4 heterocycles. The quantitative estimate of drug-likeness (QED) is 0.789. The first-order chi connectivity index (χ1) is 13.3. The molecule has 2 fully saturated rings. The van der Waals surface area contributed by atoms with Gasteiger partial charge in [0, 0.05) is 57.1 Å². The molecule has 2 saturated heterocycles. The summed E-state index contributed by atoms with van der Waals surface area (Å²) in [5, 5.41) is 0. The van der Waals surface area contributed by atoms with Gasteiger partial charge < -0.3 is 9.64 Å². The van der Waals surface area contributed by atoms with Gasteiger partial charge in [0.1, 0.15) is 11.7 Å². The van der Waals surface area contributed by atoms with Crippen LogP contribution in [0.15, 0.2) is 42.9 Å². The lowest BCUT2D eigenvalue weighted by molar-refractivity contribution is 0.0621. The number of piperazine rings is 1. The second kappa shape index (κ2) is 8.71. The van der Waals surface area contributed by atoms with Crippen LogP contribution in [0.5, 0.6) is 5.88 Å². The van der Waals surface area contributed by atoms with Gasteiger partial charge in [-0.3, -0.25) is 14.7 Å². The molecule has 0 spiro atoms. The van der Waals surface area contributed by atoms with Crippen LogP contribution in [-0.2, 0) is 6.54 Å². The minimum absolute atomic E-state index is 0.0207. The molecule has 2 aliphatic rings. The Hall–Kier alpha value is -2.12. The van der Waals surface area contributed by atoms with Gasteiger partial charge in [-0.2, -0.15) is 11.8 Å². The van der Waals surface area contributed by atoms with Crippen molar-refractivity contribution in [2.75, 3.05) is 37.7 Å². The van der Waals surface area contributed by atoms with Crippen molar-refractivity contribution in [2.45, 2.75) is 19.1 Å². The topological polar surface area (TPSA) is 58.6 Å². The van der Waals surface area contributed by atoms with E-state index in [0.717, 1.165) is 50.7 Å². The van der Waals surface area contributed by atoms with Crippen molar-refractivity contribution in [1.29, 1.82) is 0 Å². The van der Waals surface area contributed by atoms with Crippen LogP contribution >= 0.6 is 11.8 Å². The summed E-state index contributed by atoms with van der Waals surface area (Å²) >= 11 is 1.89. The van der Waals surface area contributed by atoms with E-state index in [1.54, 1.807) is 6.20 Å². The summed E-state index contributed by atoms with van der Waals surface area (Å²) in [4.78, 5) is 25.7. The van der Waals surface area contributed by atoms with Crippen LogP contribution in [0.3, 0.4) is 0 Å². The van der Waals surface area contributed by atoms with Crippen LogP contribution in [-0.4, -0.2) is 69.5 Å². The van der Waals surface area contributed by atoms with E-state index in [2.05, 4.69) is 14.9 Å². The number of hydrogen-bond donors (Lipinski definition) is 0. The predicted molar refractivity (Wildman–Crippen MR) is 106 cm³/mol. The monoisotopic (exact) mass is 384 g/mol. The first-order valence-electron chi connectivity index (χ1n) is 9.39. The first-order valence-corrected chi connectivity index (χ1v) is 10.5. The number of hydrogen-bond acceptors (Lipinski definition) is 6. The maximum Gasteiger partial charge on any atom is 0.259 e. The van der Waals surface area contributed by atoms with Crippen LogP contribution in [0.25, 0.3) is 0 Å². The minimum atomic E-state index is 0.0207. The largest absolute Gasteiger partial charge is 0.473 e. The maximum atomic E-state index is 13.0. The fraction of sp³-hybridized carbons (Fsp3) is 0.450. The van der Waals surface area contributed by atoms with Gasteiger partial charge in [0.25, 0.3) is 5.91 Å². The summed E-state index contributed by atoms with van der Waals surface area (Å²) in [5.74, 6) is 2.58. The molecule has 27 heavy (non-hydrogen) atoms. The molecule has 1 amide bonds. The molecule has 0 saturated carbocycles. The van der Waals surface area contributed by atoms with Crippen LogP contribution in [0.1, 0.15) is 22.3 Å². The molecular formula is C20H24N4O2S. The van der Waals surface area contributed by atoms with E-state index in [-0.39, 0.29) is 12.0 Å². The maximum absolute atomic E-state index is 13.0. The molecule has 0 radical (unpaired) electrons. The zero-order chi connectivity index (χ0) is 18.5. The molecular weight excluding hydrogens is 360 g/mol. The third-order valence-corrected chi connectivity index (χ3v) is 6.11. The molecule has 142 valence electrons. The van der Waals surface area contributed by atoms with Gasteiger partial charge in [-0.15, -0.1) is 0 Å². The van der Waals surface area contributed by atoms with E-state index >= 15 is 0 Å². The van der Waals surface area contributed by atoms with E-state index in [0.29, 0.717) is 11.4 Å². The third-order valence-electron chi connectivity index (χ3n) is 4.98. The average molecular weight is 385 g/mol. The molecule has 1 unspecified atom stereocenters. The number of rotatable bonds is 5. The van der Waals surface area contributed by atoms with Gasteiger partial charge in [-0.05, 0) is 42.0 Å². The van der Waals surface area contributed by atoms with E-state index < -0.39 is 0 Å². The summed E-state index contributed by atoms with van der Waals surface area (Å²) < 4.78 is 6.02. The van der Waals surface area contributed by atoms with Gasteiger partial charge in [0.15, 0.2) is 0 Å². The highest BCUT2D eigenvalue weighted by Gasteiger charge is 2.26. The second-order valence-corrected chi connectivity index (χ2v) is 8.03. The number of nitrogens with zero attached hydrogens (tertiary/aromatic N) is 4. The number of ether oxygens (including phenoxy) is 1. The SMILES string of the molecule is O=C(c1cccnc1OC1CCSC1)N1CCN(Cc2ccncc2)CC1. The van der Waals surface area contributed by atoms with Gasteiger partial charge >= 0.3 is 0 Å². The van der Waals surface area contributed by atoms with Crippen LogP contribution in [0, 0.1) is 0 Å². The standard InChI is InChI=1S/C20H24N4O2S/c25-20(18-2-1-6-22-19(18)26-17-5-13-27-15-17)24-11-9-23(10-12-24)14-16-3-7-21-8-4-16/h1-4,6-8,17H,5,9-15H2. The van der Waals surface area contributed by atoms with E-state index in [9.17, 15) is 4.79 Å². The fourth-order valence-corrected chi connectivity index (χ4v) is 4.53. The Bertz CT molecular complexity index is 760. The smallest absolute Gasteiger partial charge is 0.259 e. The Morgan fingerprint density at radius 3 is 2.70 bits per heavy atom. The van der Waals surface area contributed by atoms with E-state index in [1.807, 2.05) is 53.3 Å². The molecule has 2 aliphatic heterocycles. The molecule has 0 aromatic carbocycles. The van der Waals surface area contributed by atoms with E-state index in [4.69, 9.17) is 4.74 Å². The highest BCUT2D eigenvalue weighted by Crippen LogP contribution is 2.25. The van der Waals surface area contributed by atoms with Crippen LogP contribution < -0.4 is 4.74 Å². The predicted octanol–water partition coefficient (Wildman–Crippen LogP) is 2.32. The zero-order valence-electron chi connectivity index (χ0n) is 15.3. The van der Waals surface area contributed by atoms with E-state index in [1.165, 1.54) is 5.56 Å². The van der Waals surface area contributed by atoms with Gasteiger partial charge in [-0.25, -0.2) is 4.98 Å². The van der Waals surface area contributed by atoms with Gasteiger partial charge in [0.2, 0.25) is 5.88 Å². The van der Waals surface area contributed by atoms with Crippen LogP contribution in [0.4, 0.5) is 0 Å². The Balaban J connectivity index is 1.36. The molecule has 2 aromatic heterocycles. The van der Waals surface area contributed by atoms with Crippen molar-refractivity contribution >= 4 is 17.7 Å².